The zero-order valence-corrected chi connectivity index (χ0v) is 22.9. The van der Waals surface area contributed by atoms with Crippen molar-refractivity contribution in [3.63, 3.8) is 0 Å². The Kier molecular flexibility index (Phi) is 9.41. The molecule has 0 bridgehead atoms. The van der Waals surface area contributed by atoms with Crippen molar-refractivity contribution in [3.8, 4) is 11.5 Å². The quantitative estimate of drug-likeness (QED) is 0.270. The summed E-state index contributed by atoms with van der Waals surface area (Å²) in [5.74, 6) is 0.775. The van der Waals surface area contributed by atoms with E-state index in [1.807, 2.05) is 19.1 Å². The molecular weight excluding hydrogens is 560 g/mol. The monoisotopic (exact) mass is 582 g/mol. The highest BCUT2D eigenvalue weighted by Crippen LogP contribution is 2.39. The molecule has 2 aromatic rings. The highest BCUT2D eigenvalue weighted by Gasteiger charge is 2.34. The third kappa shape index (κ3) is 6.53. The van der Waals surface area contributed by atoms with Crippen LogP contribution in [-0.2, 0) is 4.79 Å². The second-order valence-corrected chi connectivity index (χ2v) is 10.7. The lowest BCUT2D eigenvalue weighted by molar-refractivity contribution is -0.123. The minimum Gasteiger partial charge on any atom is -0.490 e. The molecule has 6 nitrogen and oxygen atoms in total. The average Bonchev–Trinajstić information content (AvgIpc) is 3.03. The Morgan fingerprint density at radius 1 is 1.29 bits per heavy atom. The summed E-state index contributed by atoms with van der Waals surface area (Å²) >= 11 is 16.1. The summed E-state index contributed by atoms with van der Waals surface area (Å²) in [7, 11) is 0. The van der Waals surface area contributed by atoms with Crippen LogP contribution in [0.4, 0.5) is 0 Å². The zero-order valence-electron chi connectivity index (χ0n) is 18.9. The Hall–Kier alpha value is -2.07. The number of thiocarbonyl (C=S) groups is 1. The largest absolute Gasteiger partial charge is 0.490 e. The number of hydrogen-bond acceptors (Lipinski definition) is 6. The minimum absolute atomic E-state index is 0.217. The van der Waals surface area contributed by atoms with E-state index in [0.29, 0.717) is 35.5 Å². The second-order valence-electron chi connectivity index (χ2n) is 7.73. The van der Waals surface area contributed by atoms with Crippen molar-refractivity contribution in [3.05, 3.63) is 61.9 Å². The predicted molar refractivity (Wildman–Crippen MR) is 144 cm³/mol. The highest BCUT2D eigenvalue weighted by atomic mass is 79.9. The molecule has 0 aliphatic carbocycles. The number of hydrogen-bond donors (Lipinski definition) is 1. The van der Waals surface area contributed by atoms with Crippen LogP contribution >= 0.6 is 51.5 Å². The third-order valence-electron chi connectivity index (χ3n) is 4.70. The number of nitrogens with one attached hydrogen (secondary N) is 1. The van der Waals surface area contributed by atoms with E-state index >= 15 is 0 Å². The van der Waals surface area contributed by atoms with Crippen molar-refractivity contribution in [2.24, 2.45) is 5.92 Å². The van der Waals surface area contributed by atoms with E-state index in [0.717, 1.165) is 33.2 Å². The third-order valence-corrected chi connectivity index (χ3v) is 6.92. The van der Waals surface area contributed by atoms with Gasteiger partial charge in [0.15, 0.2) is 15.8 Å². The molecule has 1 N–H and O–H groups in total. The van der Waals surface area contributed by atoms with Gasteiger partial charge in [-0.05, 0) is 83.3 Å². The molecule has 3 rings (SSSR count). The summed E-state index contributed by atoms with van der Waals surface area (Å²) in [6.45, 7) is 7.20. The van der Waals surface area contributed by atoms with E-state index in [4.69, 9.17) is 33.3 Å². The van der Waals surface area contributed by atoms with E-state index in [2.05, 4.69) is 35.2 Å². The molecule has 2 aromatic carbocycles. The van der Waals surface area contributed by atoms with E-state index in [-0.39, 0.29) is 14.9 Å². The van der Waals surface area contributed by atoms with Gasteiger partial charge in [-0.2, -0.15) is 5.01 Å². The van der Waals surface area contributed by atoms with Crippen LogP contribution in [0.25, 0.3) is 6.08 Å². The molecule has 0 atom stereocenters. The number of thioether (sulfide) groups is 1. The summed E-state index contributed by atoms with van der Waals surface area (Å²) in [6, 6.07) is 10.2. The van der Waals surface area contributed by atoms with Crippen LogP contribution in [0.3, 0.4) is 0 Å². The first-order chi connectivity index (χ1) is 16.2. The van der Waals surface area contributed by atoms with Crippen LogP contribution < -0.4 is 14.9 Å². The zero-order chi connectivity index (χ0) is 24.8. The van der Waals surface area contributed by atoms with E-state index < -0.39 is 11.8 Å². The lowest BCUT2D eigenvalue weighted by Crippen LogP contribution is -2.44. The van der Waals surface area contributed by atoms with Crippen LogP contribution in [0.5, 0.6) is 11.5 Å². The first-order valence-corrected chi connectivity index (χ1v) is 13.0. The molecule has 1 aliphatic rings. The lowest BCUT2D eigenvalue weighted by atomic mass is 10.1. The van der Waals surface area contributed by atoms with Gasteiger partial charge in [-0.25, -0.2) is 0 Å². The molecule has 1 heterocycles. The van der Waals surface area contributed by atoms with Gasteiger partial charge < -0.3 is 9.47 Å². The SMILES string of the molecule is CCOc1cc(/C=C2/SC(=S)N(NC(=O)c3ccccc3Cl)C2=O)cc(Br)c1OCCC(C)C. The van der Waals surface area contributed by atoms with E-state index in [9.17, 15) is 9.59 Å². The van der Waals surface area contributed by atoms with Gasteiger partial charge in [-0.1, -0.05) is 49.3 Å². The minimum atomic E-state index is -0.521. The maximum absolute atomic E-state index is 13.0. The van der Waals surface area contributed by atoms with Crippen molar-refractivity contribution >= 4 is 73.7 Å². The number of benzene rings is 2. The molecular formula is C24H24BrClN2O4S2. The second kappa shape index (κ2) is 12.1. The predicted octanol–water partition coefficient (Wildman–Crippen LogP) is 6.47. The fourth-order valence-corrected chi connectivity index (χ4v) is 4.97. The van der Waals surface area contributed by atoms with Gasteiger partial charge in [0, 0.05) is 0 Å². The van der Waals surface area contributed by atoms with Gasteiger partial charge in [0.05, 0.1) is 33.2 Å². The Morgan fingerprint density at radius 2 is 2.03 bits per heavy atom. The van der Waals surface area contributed by atoms with Crippen molar-refractivity contribution in [2.75, 3.05) is 13.2 Å². The van der Waals surface area contributed by atoms with E-state index in [1.54, 1.807) is 30.3 Å². The topological polar surface area (TPSA) is 67.9 Å². The summed E-state index contributed by atoms with van der Waals surface area (Å²) in [6.07, 6.45) is 2.62. The fourth-order valence-electron chi connectivity index (χ4n) is 2.99. The molecule has 0 saturated carbocycles. The van der Waals surface area contributed by atoms with Gasteiger partial charge in [0.1, 0.15) is 0 Å². The van der Waals surface area contributed by atoms with Crippen molar-refractivity contribution in [1.82, 2.24) is 10.4 Å². The van der Waals surface area contributed by atoms with Crippen molar-refractivity contribution in [1.29, 1.82) is 0 Å². The van der Waals surface area contributed by atoms with Crippen LogP contribution in [0, 0.1) is 5.92 Å². The number of hydrazine groups is 1. The number of carbonyl (C=O) groups is 2. The van der Waals surface area contributed by atoms with Gasteiger partial charge in [-0.15, -0.1) is 0 Å². The highest BCUT2D eigenvalue weighted by molar-refractivity contribution is 9.10. The van der Waals surface area contributed by atoms with Gasteiger partial charge in [0.25, 0.3) is 11.8 Å². The summed E-state index contributed by atoms with van der Waals surface area (Å²) in [5.41, 5.74) is 3.52. The Bertz CT molecular complexity index is 1140. The molecule has 0 unspecified atom stereocenters. The molecule has 0 aromatic heterocycles. The number of ether oxygens (including phenoxy) is 2. The first kappa shape index (κ1) is 26.5. The van der Waals surface area contributed by atoms with Gasteiger partial charge in [-0.3, -0.25) is 15.0 Å². The van der Waals surface area contributed by atoms with Crippen LogP contribution in [0.15, 0.2) is 45.8 Å². The molecule has 2 amide bonds. The van der Waals surface area contributed by atoms with Crippen LogP contribution in [-0.4, -0.2) is 34.4 Å². The average molecular weight is 584 g/mol. The summed E-state index contributed by atoms with van der Waals surface area (Å²) < 4.78 is 12.7. The van der Waals surface area contributed by atoms with Crippen molar-refractivity contribution in [2.45, 2.75) is 27.2 Å². The maximum Gasteiger partial charge on any atom is 0.285 e. The molecule has 0 radical (unpaired) electrons. The standard InChI is InChI=1S/C24H24BrClN2O4S2/c1-4-31-19-12-15(11-17(25)21(19)32-10-9-14(2)3)13-20-23(30)28(24(33)34-20)27-22(29)16-7-5-6-8-18(16)26/h5-8,11-14H,4,9-10H2,1-3H3,(H,27,29)/b20-13+. The van der Waals surface area contributed by atoms with Crippen LogP contribution in [0.1, 0.15) is 43.1 Å². The molecule has 1 fully saturated rings. The molecule has 0 spiro atoms. The van der Waals surface area contributed by atoms with Crippen molar-refractivity contribution < 1.29 is 19.1 Å². The number of amides is 2. The number of halogens is 2. The summed E-state index contributed by atoms with van der Waals surface area (Å²) in [4.78, 5) is 25.9. The molecule has 180 valence electrons. The Balaban J connectivity index is 1.81. The van der Waals surface area contributed by atoms with Gasteiger partial charge in [0.2, 0.25) is 0 Å². The summed E-state index contributed by atoms with van der Waals surface area (Å²) in [5, 5.41) is 1.34. The Labute approximate surface area is 222 Å². The maximum atomic E-state index is 13.0. The molecule has 34 heavy (non-hydrogen) atoms. The normalized spacial score (nSPS) is 14.8. The van der Waals surface area contributed by atoms with Crippen LogP contribution in [0.2, 0.25) is 5.02 Å². The molecule has 1 saturated heterocycles. The molecule has 10 heteroatoms. The number of nitrogens with zero attached hydrogens (tertiary/aromatic N) is 1. The molecule has 1 aliphatic heterocycles. The number of rotatable bonds is 9. The Morgan fingerprint density at radius 3 is 2.71 bits per heavy atom. The van der Waals surface area contributed by atoms with E-state index in [1.165, 1.54) is 0 Å². The number of carbonyl (C=O) groups excluding carboxylic acids is 2. The lowest BCUT2D eigenvalue weighted by Gasteiger charge is -2.16. The van der Waals surface area contributed by atoms with Gasteiger partial charge >= 0.3 is 0 Å². The fraction of sp³-hybridized carbons (Fsp3) is 0.292. The smallest absolute Gasteiger partial charge is 0.285 e. The first-order valence-electron chi connectivity index (χ1n) is 10.6.